The topological polar surface area (TPSA) is 20.3 Å². The smallest absolute Gasteiger partial charge is 0.177 e. The molecule has 2 unspecified atom stereocenters. The molecule has 0 N–H and O–H groups in total. The van der Waals surface area contributed by atoms with E-state index in [2.05, 4.69) is 37.8 Å². The second-order valence-corrected chi connectivity index (χ2v) is 6.68. The summed E-state index contributed by atoms with van der Waals surface area (Å²) in [5.74, 6) is 1.75. The molecule has 1 aromatic carbocycles. The normalized spacial score (nSPS) is 23.9. The predicted molar refractivity (Wildman–Crippen MR) is 84.4 cm³/mol. The highest BCUT2D eigenvalue weighted by Crippen LogP contribution is 2.23. The van der Waals surface area contributed by atoms with Gasteiger partial charge in [-0.05, 0) is 56.7 Å². The van der Waals surface area contributed by atoms with Crippen LogP contribution in [0, 0.1) is 32.6 Å². The molecule has 2 heteroatoms. The number of rotatable bonds is 3. The van der Waals surface area contributed by atoms with Gasteiger partial charge in [0.15, 0.2) is 5.78 Å². The lowest BCUT2D eigenvalue weighted by Gasteiger charge is -2.34. The molecule has 0 amide bonds. The van der Waals surface area contributed by atoms with E-state index in [9.17, 15) is 4.79 Å². The van der Waals surface area contributed by atoms with Crippen LogP contribution >= 0.6 is 0 Å². The average molecular weight is 273 g/mol. The third-order valence-corrected chi connectivity index (χ3v) is 4.74. The molecule has 2 nitrogen and oxygen atoms in total. The minimum Gasteiger partial charge on any atom is -0.296 e. The van der Waals surface area contributed by atoms with Gasteiger partial charge in [0, 0.05) is 12.1 Å². The van der Waals surface area contributed by atoms with E-state index in [-0.39, 0.29) is 5.78 Å². The highest BCUT2D eigenvalue weighted by atomic mass is 16.1. The summed E-state index contributed by atoms with van der Waals surface area (Å²) in [5.41, 5.74) is 4.40. The van der Waals surface area contributed by atoms with Gasteiger partial charge in [0.25, 0.3) is 0 Å². The maximum Gasteiger partial charge on any atom is 0.177 e. The van der Waals surface area contributed by atoms with E-state index in [0.717, 1.165) is 35.7 Å². The van der Waals surface area contributed by atoms with Crippen molar-refractivity contribution in [2.75, 3.05) is 19.6 Å². The van der Waals surface area contributed by atoms with Crippen LogP contribution in [0.5, 0.6) is 0 Å². The van der Waals surface area contributed by atoms with Gasteiger partial charge in [-0.3, -0.25) is 9.69 Å². The Bertz CT molecular complexity index is 483. The van der Waals surface area contributed by atoms with Crippen LogP contribution in [0.2, 0.25) is 0 Å². The van der Waals surface area contributed by atoms with Gasteiger partial charge in [0.1, 0.15) is 0 Å². The number of benzene rings is 1. The van der Waals surface area contributed by atoms with Crippen molar-refractivity contribution in [3.05, 3.63) is 34.4 Å². The predicted octanol–water partition coefficient (Wildman–Crippen LogP) is 3.77. The van der Waals surface area contributed by atoms with E-state index in [1.165, 1.54) is 12.0 Å². The van der Waals surface area contributed by atoms with E-state index in [4.69, 9.17) is 0 Å². The van der Waals surface area contributed by atoms with Crippen molar-refractivity contribution in [3.63, 3.8) is 0 Å². The molecule has 20 heavy (non-hydrogen) atoms. The molecule has 110 valence electrons. The van der Waals surface area contributed by atoms with Crippen molar-refractivity contribution in [1.82, 2.24) is 4.90 Å². The highest BCUT2D eigenvalue weighted by Gasteiger charge is 2.25. The fourth-order valence-corrected chi connectivity index (χ4v) is 3.39. The molecular weight excluding hydrogens is 246 g/mol. The zero-order chi connectivity index (χ0) is 14.9. The van der Waals surface area contributed by atoms with Crippen LogP contribution in [-0.2, 0) is 0 Å². The van der Waals surface area contributed by atoms with E-state index >= 15 is 0 Å². The molecular formula is C18H27NO. The molecule has 0 aliphatic carbocycles. The van der Waals surface area contributed by atoms with Gasteiger partial charge < -0.3 is 0 Å². The van der Waals surface area contributed by atoms with Gasteiger partial charge in [-0.1, -0.05) is 31.5 Å². The number of aryl methyl sites for hydroxylation is 3. The first-order chi connectivity index (χ1) is 9.38. The largest absolute Gasteiger partial charge is 0.296 e. The zero-order valence-electron chi connectivity index (χ0n) is 13.5. The summed E-state index contributed by atoms with van der Waals surface area (Å²) in [7, 11) is 0. The molecule has 0 bridgehead atoms. The van der Waals surface area contributed by atoms with Gasteiger partial charge in [0.2, 0.25) is 0 Å². The van der Waals surface area contributed by atoms with Gasteiger partial charge in [-0.15, -0.1) is 0 Å². The zero-order valence-corrected chi connectivity index (χ0v) is 13.5. The molecule has 1 fully saturated rings. The SMILES string of the molecule is Cc1cc(C)c(C(=O)CN2CCC(C)C(C)C2)c(C)c1. The lowest BCUT2D eigenvalue weighted by Crippen LogP contribution is -2.41. The van der Waals surface area contributed by atoms with Gasteiger partial charge in [-0.25, -0.2) is 0 Å². The summed E-state index contributed by atoms with van der Waals surface area (Å²) >= 11 is 0. The fraction of sp³-hybridized carbons (Fsp3) is 0.611. The molecule has 1 aliphatic rings. The number of likely N-dealkylation sites (tertiary alicyclic amines) is 1. The van der Waals surface area contributed by atoms with Gasteiger partial charge >= 0.3 is 0 Å². The summed E-state index contributed by atoms with van der Waals surface area (Å²) < 4.78 is 0. The van der Waals surface area contributed by atoms with Crippen LogP contribution < -0.4 is 0 Å². The molecule has 0 spiro atoms. The van der Waals surface area contributed by atoms with Crippen molar-refractivity contribution in [3.8, 4) is 0 Å². The quantitative estimate of drug-likeness (QED) is 0.781. The lowest BCUT2D eigenvalue weighted by atomic mass is 9.88. The van der Waals surface area contributed by atoms with Crippen molar-refractivity contribution < 1.29 is 4.79 Å². The minimum absolute atomic E-state index is 0.279. The number of carbonyl (C=O) groups is 1. The summed E-state index contributed by atoms with van der Waals surface area (Å²) in [6.07, 6.45) is 1.21. The number of ketones is 1. The number of Topliss-reactive ketones (excluding diaryl/α,β-unsaturated/α-hetero) is 1. The van der Waals surface area contributed by atoms with E-state index in [0.29, 0.717) is 12.5 Å². The number of nitrogens with zero attached hydrogens (tertiary/aromatic N) is 1. The van der Waals surface area contributed by atoms with Crippen molar-refractivity contribution in [1.29, 1.82) is 0 Å². The number of hydrogen-bond acceptors (Lipinski definition) is 2. The second kappa shape index (κ2) is 6.09. The molecule has 2 rings (SSSR count). The molecule has 1 saturated heterocycles. The van der Waals surface area contributed by atoms with Gasteiger partial charge in [0.05, 0.1) is 6.54 Å². The third kappa shape index (κ3) is 3.29. The Kier molecular flexibility index (Phi) is 4.64. The van der Waals surface area contributed by atoms with E-state index in [1.54, 1.807) is 0 Å². The first kappa shape index (κ1) is 15.2. The maximum absolute atomic E-state index is 12.6. The molecule has 1 aliphatic heterocycles. The number of piperidine rings is 1. The minimum atomic E-state index is 0.279. The Hall–Kier alpha value is -1.15. The van der Waals surface area contributed by atoms with Crippen molar-refractivity contribution in [2.24, 2.45) is 11.8 Å². The first-order valence-corrected chi connectivity index (χ1v) is 7.72. The Morgan fingerprint density at radius 1 is 1.15 bits per heavy atom. The van der Waals surface area contributed by atoms with E-state index < -0.39 is 0 Å². The average Bonchev–Trinajstić information content (AvgIpc) is 2.32. The summed E-state index contributed by atoms with van der Waals surface area (Å²) in [5, 5.41) is 0. The van der Waals surface area contributed by atoms with Gasteiger partial charge in [-0.2, -0.15) is 0 Å². The summed E-state index contributed by atoms with van der Waals surface area (Å²) in [6, 6.07) is 4.22. The Morgan fingerprint density at radius 2 is 1.75 bits per heavy atom. The molecule has 0 saturated carbocycles. The monoisotopic (exact) mass is 273 g/mol. The molecule has 0 radical (unpaired) electrons. The molecule has 1 aromatic rings. The van der Waals surface area contributed by atoms with E-state index in [1.807, 2.05) is 13.8 Å². The molecule has 2 atom stereocenters. The first-order valence-electron chi connectivity index (χ1n) is 7.72. The molecule has 1 heterocycles. The standard InChI is InChI=1S/C18H27NO/c1-12-8-14(3)18(15(4)9-12)17(20)11-19-7-6-13(2)16(5)10-19/h8-9,13,16H,6-7,10-11H2,1-5H3. The van der Waals surface area contributed by atoms with Crippen LogP contribution in [0.15, 0.2) is 12.1 Å². The Morgan fingerprint density at radius 3 is 2.30 bits per heavy atom. The van der Waals surface area contributed by atoms with Crippen LogP contribution in [0.1, 0.15) is 47.3 Å². The second-order valence-electron chi connectivity index (χ2n) is 6.68. The maximum atomic E-state index is 12.6. The van der Waals surface area contributed by atoms with Crippen LogP contribution in [0.25, 0.3) is 0 Å². The lowest BCUT2D eigenvalue weighted by molar-refractivity contribution is 0.0848. The fourth-order valence-electron chi connectivity index (χ4n) is 3.39. The number of hydrogen-bond donors (Lipinski definition) is 0. The van der Waals surface area contributed by atoms with Crippen LogP contribution in [0.4, 0.5) is 0 Å². The summed E-state index contributed by atoms with van der Waals surface area (Å²) in [6.45, 7) is 13.5. The third-order valence-electron chi connectivity index (χ3n) is 4.74. The molecule has 0 aromatic heterocycles. The number of carbonyl (C=O) groups excluding carboxylic acids is 1. The van der Waals surface area contributed by atoms with Crippen LogP contribution in [0.3, 0.4) is 0 Å². The van der Waals surface area contributed by atoms with Crippen molar-refractivity contribution >= 4 is 5.78 Å². The summed E-state index contributed by atoms with van der Waals surface area (Å²) in [4.78, 5) is 14.9. The Labute approximate surface area is 123 Å². The Balaban J connectivity index is 2.09. The van der Waals surface area contributed by atoms with Crippen LogP contribution in [-0.4, -0.2) is 30.3 Å². The van der Waals surface area contributed by atoms with Crippen molar-refractivity contribution in [2.45, 2.75) is 41.0 Å². The highest BCUT2D eigenvalue weighted by molar-refractivity contribution is 6.00.